The Bertz CT molecular complexity index is 152. The molecule has 0 aromatic carbocycles. The third-order valence-electron chi connectivity index (χ3n) is 2.39. The predicted molar refractivity (Wildman–Crippen MR) is 67.8 cm³/mol. The SMILES string of the molecule is CCCCCCO[P+](=O)OCCCCCC.[Nd+3]. The minimum atomic E-state index is -1.87. The first kappa shape index (κ1) is 20.7. The van der Waals surface area contributed by atoms with Gasteiger partial charge in [0.1, 0.15) is 13.2 Å². The van der Waals surface area contributed by atoms with Crippen LogP contribution in [0.3, 0.4) is 0 Å². The van der Waals surface area contributed by atoms with Crippen molar-refractivity contribution in [3.63, 3.8) is 0 Å². The molecule has 0 bridgehead atoms. The van der Waals surface area contributed by atoms with E-state index < -0.39 is 8.25 Å². The molecule has 17 heavy (non-hydrogen) atoms. The van der Waals surface area contributed by atoms with Crippen LogP contribution in [-0.4, -0.2) is 13.2 Å². The van der Waals surface area contributed by atoms with Crippen molar-refractivity contribution in [3.05, 3.63) is 0 Å². The number of rotatable bonds is 12. The van der Waals surface area contributed by atoms with Gasteiger partial charge in [-0.25, -0.2) is 0 Å². The molecule has 0 aromatic heterocycles. The van der Waals surface area contributed by atoms with Gasteiger partial charge in [-0.2, -0.15) is 0 Å². The maximum absolute atomic E-state index is 11.2. The van der Waals surface area contributed by atoms with Crippen LogP contribution in [0.5, 0.6) is 0 Å². The Kier molecular flexibility index (Phi) is 21.1. The van der Waals surface area contributed by atoms with E-state index in [2.05, 4.69) is 13.8 Å². The summed E-state index contributed by atoms with van der Waals surface area (Å²) in [5.41, 5.74) is 0. The first-order valence-electron chi connectivity index (χ1n) is 6.54. The van der Waals surface area contributed by atoms with Gasteiger partial charge in [0.2, 0.25) is 0 Å². The van der Waals surface area contributed by atoms with Crippen LogP contribution in [0, 0.1) is 40.8 Å². The molecule has 0 aliphatic carbocycles. The van der Waals surface area contributed by atoms with E-state index in [0.717, 1.165) is 25.7 Å². The van der Waals surface area contributed by atoms with Crippen molar-refractivity contribution < 1.29 is 54.5 Å². The van der Waals surface area contributed by atoms with Gasteiger partial charge < -0.3 is 0 Å². The second kappa shape index (κ2) is 17.4. The molecule has 0 unspecified atom stereocenters. The minimum Gasteiger partial charge on any atom is -0.119 e. The molecule has 0 spiro atoms. The maximum Gasteiger partial charge on any atom is 3.00 e. The summed E-state index contributed by atoms with van der Waals surface area (Å²) in [6.45, 7) is 5.45. The Labute approximate surface area is 140 Å². The van der Waals surface area contributed by atoms with Crippen LogP contribution in [0.25, 0.3) is 0 Å². The summed E-state index contributed by atoms with van der Waals surface area (Å²) in [4.78, 5) is 0. The number of hydrogen-bond acceptors (Lipinski definition) is 3. The predicted octanol–water partition coefficient (Wildman–Crippen LogP) is 4.84. The van der Waals surface area contributed by atoms with Crippen LogP contribution in [0.15, 0.2) is 0 Å². The van der Waals surface area contributed by atoms with Gasteiger partial charge in [-0.3, -0.25) is 0 Å². The van der Waals surface area contributed by atoms with Crippen LogP contribution >= 0.6 is 8.25 Å². The Hall–Kier alpha value is 1.37. The Morgan fingerprint density at radius 2 is 1.18 bits per heavy atom. The molecule has 0 amide bonds. The first-order valence-corrected chi connectivity index (χ1v) is 7.63. The molecule has 0 saturated carbocycles. The van der Waals surface area contributed by atoms with Gasteiger partial charge in [-0.15, -0.1) is 9.05 Å². The summed E-state index contributed by atoms with van der Waals surface area (Å²) in [6.07, 6.45) is 9.12. The van der Waals surface area contributed by atoms with Crippen LogP contribution in [-0.2, 0) is 13.6 Å². The zero-order valence-corrected chi connectivity index (χ0v) is 15.3. The van der Waals surface area contributed by atoms with Crippen molar-refractivity contribution in [1.29, 1.82) is 0 Å². The Morgan fingerprint density at radius 1 is 0.765 bits per heavy atom. The van der Waals surface area contributed by atoms with Crippen molar-refractivity contribution in [2.45, 2.75) is 65.2 Å². The molecule has 0 saturated heterocycles. The maximum atomic E-state index is 11.2. The smallest absolute Gasteiger partial charge is 0.119 e. The van der Waals surface area contributed by atoms with Gasteiger partial charge in [0.25, 0.3) is 0 Å². The molecule has 1 radical (unpaired) electrons. The number of hydrogen-bond donors (Lipinski definition) is 0. The second-order valence-corrected chi connectivity index (χ2v) is 4.97. The van der Waals surface area contributed by atoms with Gasteiger partial charge >= 0.3 is 49.1 Å². The van der Waals surface area contributed by atoms with Gasteiger partial charge in [-0.05, 0) is 12.8 Å². The van der Waals surface area contributed by atoms with Gasteiger partial charge in [0.05, 0.1) is 0 Å². The van der Waals surface area contributed by atoms with E-state index >= 15 is 0 Å². The van der Waals surface area contributed by atoms with E-state index in [1.807, 2.05) is 0 Å². The molecular weight excluding hydrogens is 367 g/mol. The minimum absolute atomic E-state index is 0. The molecule has 3 nitrogen and oxygen atoms in total. The van der Waals surface area contributed by atoms with Crippen molar-refractivity contribution in [1.82, 2.24) is 0 Å². The van der Waals surface area contributed by atoms with Crippen LogP contribution in [0.4, 0.5) is 0 Å². The van der Waals surface area contributed by atoms with Crippen LogP contribution in [0.1, 0.15) is 65.2 Å². The molecule has 0 rings (SSSR count). The van der Waals surface area contributed by atoms with Crippen molar-refractivity contribution >= 4 is 8.25 Å². The third kappa shape index (κ3) is 17.4. The van der Waals surface area contributed by atoms with Crippen molar-refractivity contribution in [3.8, 4) is 0 Å². The third-order valence-corrected chi connectivity index (χ3v) is 3.18. The van der Waals surface area contributed by atoms with E-state index in [-0.39, 0.29) is 40.8 Å². The van der Waals surface area contributed by atoms with Gasteiger partial charge in [0.15, 0.2) is 0 Å². The molecule has 5 heteroatoms. The Morgan fingerprint density at radius 3 is 1.53 bits per heavy atom. The summed E-state index contributed by atoms with van der Waals surface area (Å²) in [7, 11) is -1.87. The molecule has 0 fully saturated rings. The molecule has 0 aromatic rings. The van der Waals surface area contributed by atoms with Crippen LogP contribution < -0.4 is 0 Å². The summed E-state index contributed by atoms with van der Waals surface area (Å²) < 4.78 is 21.4. The summed E-state index contributed by atoms with van der Waals surface area (Å²) >= 11 is 0. The fraction of sp³-hybridized carbons (Fsp3) is 1.00. The largest absolute Gasteiger partial charge is 3.00 e. The summed E-state index contributed by atoms with van der Waals surface area (Å²) in [6, 6.07) is 0. The van der Waals surface area contributed by atoms with E-state index in [4.69, 9.17) is 9.05 Å². The zero-order valence-electron chi connectivity index (χ0n) is 11.2. The van der Waals surface area contributed by atoms with Gasteiger partial charge in [-0.1, -0.05) is 52.4 Å². The average Bonchev–Trinajstić information content (AvgIpc) is 2.28. The normalized spacial score (nSPS) is 10.0. The molecule has 0 heterocycles. The molecule has 0 N–H and O–H groups in total. The molecule has 0 aliphatic heterocycles. The fourth-order valence-corrected chi connectivity index (χ4v) is 2.00. The van der Waals surface area contributed by atoms with Crippen molar-refractivity contribution in [2.75, 3.05) is 13.2 Å². The molecule has 97 valence electrons. The van der Waals surface area contributed by atoms with E-state index in [1.54, 1.807) is 0 Å². The van der Waals surface area contributed by atoms with E-state index in [1.165, 1.54) is 25.7 Å². The zero-order chi connectivity index (χ0) is 12.1. The summed E-state index contributed by atoms with van der Waals surface area (Å²) in [5, 5.41) is 0. The monoisotopic (exact) mass is 391 g/mol. The first-order chi connectivity index (χ1) is 7.81. The number of unbranched alkanes of at least 4 members (excludes halogenated alkanes) is 6. The quantitative estimate of drug-likeness (QED) is 0.352. The average molecular weight is 394 g/mol. The second-order valence-electron chi connectivity index (χ2n) is 4.01. The van der Waals surface area contributed by atoms with E-state index in [0.29, 0.717) is 13.2 Å². The molecule has 0 atom stereocenters. The van der Waals surface area contributed by atoms with Crippen molar-refractivity contribution in [2.24, 2.45) is 0 Å². The van der Waals surface area contributed by atoms with E-state index in [9.17, 15) is 4.57 Å². The Balaban J connectivity index is 0. The molecule has 0 aliphatic rings. The topological polar surface area (TPSA) is 35.5 Å². The standard InChI is InChI=1S/C12H26O3P.Nd/c1-3-5-7-9-11-14-16(13)15-12-10-8-6-4-2;/h3-12H2,1-2H3;/q+1;+3. The van der Waals surface area contributed by atoms with Gasteiger partial charge in [0, 0.05) is 4.57 Å². The summed E-state index contributed by atoms with van der Waals surface area (Å²) in [5.74, 6) is 0. The van der Waals surface area contributed by atoms with Crippen LogP contribution in [0.2, 0.25) is 0 Å². The fourth-order valence-electron chi connectivity index (χ4n) is 1.37. The molecular formula is C12H26NdO3P+4.